The van der Waals surface area contributed by atoms with E-state index in [0.717, 1.165) is 22.9 Å². The fourth-order valence-corrected chi connectivity index (χ4v) is 3.30. The third-order valence-corrected chi connectivity index (χ3v) is 4.61. The Kier molecular flexibility index (Phi) is 8.54. The van der Waals surface area contributed by atoms with Gasteiger partial charge in [-0.1, -0.05) is 24.3 Å². The second-order valence-electron chi connectivity index (χ2n) is 5.99. The summed E-state index contributed by atoms with van der Waals surface area (Å²) >= 11 is 0.903. The molecule has 0 aromatic heterocycles. The molecule has 0 spiro atoms. The summed E-state index contributed by atoms with van der Waals surface area (Å²) in [5.74, 6) is 1.53. The summed E-state index contributed by atoms with van der Waals surface area (Å²) in [6.45, 7) is 2.39. The van der Waals surface area contributed by atoms with Gasteiger partial charge >= 0.3 is 0 Å². The summed E-state index contributed by atoms with van der Waals surface area (Å²) < 4.78 is 16.0. The fourth-order valence-electron chi connectivity index (χ4n) is 2.65. The molecule has 154 valence electrons. The molecule has 8 heteroatoms. The molecule has 0 fully saturated rings. The number of hydrogen-bond acceptors (Lipinski definition) is 7. The lowest BCUT2D eigenvalue weighted by Gasteiger charge is -2.11. The maximum atomic E-state index is 12.3. The molecule has 29 heavy (non-hydrogen) atoms. The Labute approximate surface area is 174 Å². The van der Waals surface area contributed by atoms with Crippen molar-refractivity contribution in [3.8, 4) is 17.2 Å². The highest BCUT2D eigenvalue weighted by molar-refractivity contribution is 8.26. The molecule has 2 rings (SSSR count). The first-order valence-electron chi connectivity index (χ1n) is 9.02. The molecule has 0 aliphatic carbocycles. The Balaban J connectivity index is 1.88. The number of methoxy groups -OCH3 is 2. The zero-order valence-corrected chi connectivity index (χ0v) is 17.5. The van der Waals surface area contributed by atoms with Gasteiger partial charge in [0.2, 0.25) is 5.91 Å². The second-order valence-corrected chi connectivity index (χ2v) is 7.09. The SMILES string of the molecule is CCOc1ccccc1CC(=O)NC(=N)SC(=N)Cc1ccc(OC)c(OC)c1. The van der Waals surface area contributed by atoms with Gasteiger partial charge in [-0.3, -0.25) is 15.6 Å². The Morgan fingerprint density at radius 2 is 1.72 bits per heavy atom. The van der Waals surface area contributed by atoms with Gasteiger partial charge in [0.15, 0.2) is 16.7 Å². The van der Waals surface area contributed by atoms with Gasteiger partial charge in [0.05, 0.1) is 32.3 Å². The van der Waals surface area contributed by atoms with E-state index < -0.39 is 0 Å². The Hall–Kier alpha value is -3.00. The molecule has 0 bridgehead atoms. The molecule has 0 heterocycles. The van der Waals surface area contributed by atoms with E-state index in [1.807, 2.05) is 37.3 Å². The fraction of sp³-hybridized carbons (Fsp3) is 0.286. The molecule has 0 unspecified atom stereocenters. The summed E-state index contributed by atoms with van der Waals surface area (Å²) in [6.07, 6.45) is 0.415. The Morgan fingerprint density at radius 1 is 1.00 bits per heavy atom. The van der Waals surface area contributed by atoms with Gasteiger partial charge in [0, 0.05) is 12.0 Å². The normalized spacial score (nSPS) is 10.2. The number of benzene rings is 2. The van der Waals surface area contributed by atoms with Crippen LogP contribution in [0.4, 0.5) is 0 Å². The van der Waals surface area contributed by atoms with Crippen molar-refractivity contribution in [1.29, 1.82) is 10.8 Å². The minimum atomic E-state index is -0.325. The number of para-hydroxylation sites is 1. The van der Waals surface area contributed by atoms with Crippen molar-refractivity contribution in [2.45, 2.75) is 19.8 Å². The highest BCUT2D eigenvalue weighted by Gasteiger charge is 2.13. The number of thioether (sulfide) groups is 1. The van der Waals surface area contributed by atoms with Crippen molar-refractivity contribution in [3.63, 3.8) is 0 Å². The van der Waals surface area contributed by atoms with Gasteiger partial charge in [-0.15, -0.1) is 0 Å². The highest BCUT2D eigenvalue weighted by atomic mass is 32.2. The number of amidine groups is 1. The molecule has 0 saturated heterocycles. The average molecular weight is 416 g/mol. The Bertz CT molecular complexity index is 886. The maximum Gasteiger partial charge on any atom is 0.230 e. The summed E-state index contributed by atoms with van der Waals surface area (Å²) in [7, 11) is 3.11. The van der Waals surface area contributed by atoms with Crippen LogP contribution in [0.2, 0.25) is 0 Å². The van der Waals surface area contributed by atoms with Gasteiger partial charge in [-0.2, -0.15) is 0 Å². The van der Waals surface area contributed by atoms with Gasteiger partial charge in [0.25, 0.3) is 0 Å². The first kappa shape index (κ1) is 22.3. The molecule has 0 aliphatic heterocycles. The second kappa shape index (κ2) is 11.1. The number of nitrogens with one attached hydrogen (secondary N) is 3. The summed E-state index contributed by atoms with van der Waals surface area (Å²) in [5, 5.41) is 18.8. The summed E-state index contributed by atoms with van der Waals surface area (Å²) in [4.78, 5) is 12.3. The van der Waals surface area contributed by atoms with Gasteiger partial charge in [-0.05, 0) is 42.4 Å². The molecule has 2 aromatic carbocycles. The molecular weight excluding hydrogens is 390 g/mol. The third-order valence-electron chi connectivity index (χ3n) is 3.91. The van der Waals surface area contributed by atoms with E-state index in [2.05, 4.69) is 5.32 Å². The van der Waals surface area contributed by atoms with Crippen molar-refractivity contribution < 1.29 is 19.0 Å². The van der Waals surface area contributed by atoms with E-state index in [1.54, 1.807) is 26.4 Å². The quantitative estimate of drug-likeness (QED) is 0.451. The number of hydrogen-bond donors (Lipinski definition) is 3. The number of carbonyl (C=O) groups is 1. The zero-order chi connectivity index (χ0) is 21.2. The van der Waals surface area contributed by atoms with Gasteiger partial charge in [0.1, 0.15) is 5.75 Å². The molecule has 0 aliphatic rings. The number of rotatable bonds is 8. The molecule has 0 atom stereocenters. The minimum absolute atomic E-state index is 0.0885. The predicted octanol–water partition coefficient (Wildman–Crippen LogP) is 3.65. The van der Waals surface area contributed by atoms with E-state index in [1.165, 1.54) is 0 Å². The molecular formula is C21H25N3O4S. The topological polar surface area (TPSA) is 104 Å². The molecule has 7 nitrogen and oxygen atoms in total. The number of ether oxygens (including phenoxy) is 3. The number of carbonyl (C=O) groups excluding carboxylic acids is 1. The van der Waals surface area contributed by atoms with E-state index in [9.17, 15) is 4.79 Å². The molecule has 2 aromatic rings. The van der Waals surface area contributed by atoms with E-state index in [-0.39, 0.29) is 22.5 Å². The largest absolute Gasteiger partial charge is 0.494 e. The third kappa shape index (κ3) is 6.83. The molecule has 0 radical (unpaired) electrons. The van der Waals surface area contributed by atoms with Crippen LogP contribution in [-0.2, 0) is 17.6 Å². The van der Waals surface area contributed by atoms with Crippen LogP contribution in [0, 0.1) is 10.8 Å². The first-order chi connectivity index (χ1) is 14.0. The molecule has 1 amide bonds. The smallest absolute Gasteiger partial charge is 0.230 e. The van der Waals surface area contributed by atoms with Gasteiger partial charge < -0.3 is 19.5 Å². The van der Waals surface area contributed by atoms with E-state index >= 15 is 0 Å². The lowest BCUT2D eigenvalue weighted by atomic mass is 10.1. The Morgan fingerprint density at radius 3 is 2.41 bits per heavy atom. The van der Waals surface area contributed by atoms with Crippen molar-refractivity contribution in [2.24, 2.45) is 0 Å². The average Bonchev–Trinajstić information content (AvgIpc) is 2.69. The summed E-state index contributed by atoms with van der Waals surface area (Å²) in [5.41, 5.74) is 1.61. The summed E-state index contributed by atoms with van der Waals surface area (Å²) in [6, 6.07) is 12.7. The lowest BCUT2D eigenvalue weighted by Crippen LogP contribution is -2.30. The lowest BCUT2D eigenvalue weighted by molar-refractivity contribution is -0.119. The standard InChI is InChI=1S/C21H25N3O4S/c1-4-28-16-8-6-5-7-15(16)13-20(25)24-21(23)29-19(22)12-14-9-10-17(26-2)18(11-14)27-3/h5-11,22H,4,12-13H2,1-3H3,(H2,23,24,25). The van der Waals surface area contributed by atoms with Crippen molar-refractivity contribution >= 4 is 27.9 Å². The zero-order valence-electron chi connectivity index (χ0n) is 16.7. The van der Waals surface area contributed by atoms with Crippen LogP contribution in [-0.4, -0.2) is 36.9 Å². The van der Waals surface area contributed by atoms with Crippen LogP contribution >= 0.6 is 11.8 Å². The van der Waals surface area contributed by atoms with Crippen molar-refractivity contribution in [2.75, 3.05) is 20.8 Å². The van der Waals surface area contributed by atoms with Crippen molar-refractivity contribution in [3.05, 3.63) is 53.6 Å². The van der Waals surface area contributed by atoms with Crippen LogP contribution in [0.1, 0.15) is 18.1 Å². The molecule has 0 saturated carbocycles. The van der Waals surface area contributed by atoms with Crippen LogP contribution in [0.25, 0.3) is 0 Å². The monoisotopic (exact) mass is 415 g/mol. The van der Waals surface area contributed by atoms with E-state index in [4.69, 9.17) is 25.0 Å². The predicted molar refractivity (Wildman–Crippen MR) is 116 cm³/mol. The minimum Gasteiger partial charge on any atom is -0.494 e. The van der Waals surface area contributed by atoms with Crippen LogP contribution < -0.4 is 19.5 Å². The van der Waals surface area contributed by atoms with Gasteiger partial charge in [-0.25, -0.2) is 0 Å². The van der Waals surface area contributed by atoms with Crippen molar-refractivity contribution in [1.82, 2.24) is 5.32 Å². The first-order valence-corrected chi connectivity index (χ1v) is 9.83. The number of amides is 1. The maximum absolute atomic E-state index is 12.3. The van der Waals surface area contributed by atoms with Crippen LogP contribution in [0.5, 0.6) is 17.2 Å². The van der Waals surface area contributed by atoms with Crippen LogP contribution in [0.3, 0.4) is 0 Å². The van der Waals surface area contributed by atoms with Crippen LogP contribution in [0.15, 0.2) is 42.5 Å². The highest BCUT2D eigenvalue weighted by Crippen LogP contribution is 2.28. The van der Waals surface area contributed by atoms with E-state index in [0.29, 0.717) is 30.3 Å². The molecule has 3 N–H and O–H groups in total.